The molecule has 1 heterocycles. The molecule has 1 N–H and O–H groups in total. The Morgan fingerprint density at radius 3 is 2.55 bits per heavy atom. The van der Waals surface area contributed by atoms with Crippen molar-refractivity contribution < 1.29 is 9.84 Å². The molecule has 0 aromatic heterocycles. The Morgan fingerprint density at radius 2 is 2.18 bits per heavy atom. The van der Waals surface area contributed by atoms with Gasteiger partial charge in [-0.15, -0.1) is 0 Å². The molecule has 1 aliphatic heterocycles. The van der Waals surface area contributed by atoms with Crippen molar-refractivity contribution in [2.75, 3.05) is 19.8 Å². The van der Waals surface area contributed by atoms with Crippen LogP contribution in [0.2, 0.25) is 0 Å². The molecule has 0 amide bonds. The third-order valence-electron chi connectivity index (χ3n) is 2.16. The Hall–Kier alpha value is -0.120. The monoisotopic (exact) mass is 159 g/mol. The van der Waals surface area contributed by atoms with Gasteiger partial charge in [-0.3, -0.25) is 4.90 Å². The Bertz CT molecular complexity index is 134. The summed E-state index contributed by atoms with van der Waals surface area (Å²) in [6.45, 7) is 8.22. The van der Waals surface area contributed by atoms with Gasteiger partial charge in [-0.2, -0.15) is 0 Å². The van der Waals surface area contributed by atoms with Crippen molar-refractivity contribution >= 4 is 0 Å². The van der Waals surface area contributed by atoms with Gasteiger partial charge in [0.1, 0.15) is 6.23 Å². The number of ether oxygens (including phenoxy) is 1. The smallest absolute Gasteiger partial charge is 0.105 e. The average molecular weight is 159 g/mol. The summed E-state index contributed by atoms with van der Waals surface area (Å²) < 4.78 is 5.31. The lowest BCUT2D eigenvalue weighted by Gasteiger charge is -2.43. The highest BCUT2D eigenvalue weighted by Crippen LogP contribution is 2.20. The summed E-state index contributed by atoms with van der Waals surface area (Å²) in [6, 6.07) is 0. The van der Waals surface area contributed by atoms with Crippen molar-refractivity contribution in [1.29, 1.82) is 0 Å². The predicted molar refractivity (Wildman–Crippen MR) is 43.3 cm³/mol. The van der Waals surface area contributed by atoms with Crippen LogP contribution in [0.25, 0.3) is 0 Å². The molecular formula is C8H17NO2. The second kappa shape index (κ2) is 3.09. The molecule has 1 rings (SSSR count). The average Bonchev–Trinajstić information content (AvgIpc) is 1.85. The van der Waals surface area contributed by atoms with Crippen molar-refractivity contribution in [2.24, 2.45) is 0 Å². The van der Waals surface area contributed by atoms with Crippen LogP contribution in [0.4, 0.5) is 0 Å². The first kappa shape index (κ1) is 8.97. The molecule has 1 unspecified atom stereocenters. The van der Waals surface area contributed by atoms with Gasteiger partial charge in [-0.1, -0.05) is 0 Å². The molecule has 1 saturated heterocycles. The van der Waals surface area contributed by atoms with Crippen LogP contribution in [0.15, 0.2) is 0 Å². The SMILES string of the molecule is CC(O)N1CCOCC1(C)C. The van der Waals surface area contributed by atoms with Crippen molar-refractivity contribution in [3.8, 4) is 0 Å². The maximum absolute atomic E-state index is 9.38. The molecule has 3 nitrogen and oxygen atoms in total. The lowest BCUT2D eigenvalue weighted by Crippen LogP contribution is -2.56. The molecule has 66 valence electrons. The van der Waals surface area contributed by atoms with E-state index in [0.29, 0.717) is 6.61 Å². The molecule has 0 aliphatic carbocycles. The summed E-state index contributed by atoms with van der Waals surface area (Å²) in [4.78, 5) is 2.05. The summed E-state index contributed by atoms with van der Waals surface area (Å²) in [6.07, 6.45) is -0.367. The molecular weight excluding hydrogens is 142 g/mol. The van der Waals surface area contributed by atoms with Crippen LogP contribution >= 0.6 is 0 Å². The van der Waals surface area contributed by atoms with E-state index in [1.54, 1.807) is 6.92 Å². The van der Waals surface area contributed by atoms with E-state index in [1.807, 2.05) is 0 Å². The number of hydrogen-bond acceptors (Lipinski definition) is 3. The maximum atomic E-state index is 9.38. The van der Waals surface area contributed by atoms with Gasteiger partial charge in [0.25, 0.3) is 0 Å². The first-order valence-corrected chi connectivity index (χ1v) is 4.06. The van der Waals surface area contributed by atoms with E-state index < -0.39 is 0 Å². The van der Waals surface area contributed by atoms with E-state index >= 15 is 0 Å². The van der Waals surface area contributed by atoms with Crippen molar-refractivity contribution in [2.45, 2.75) is 32.5 Å². The maximum Gasteiger partial charge on any atom is 0.105 e. The lowest BCUT2D eigenvalue weighted by molar-refractivity contribution is -0.122. The Kier molecular flexibility index (Phi) is 2.52. The van der Waals surface area contributed by atoms with Crippen LogP contribution in [-0.2, 0) is 4.74 Å². The van der Waals surface area contributed by atoms with Crippen molar-refractivity contribution in [3.63, 3.8) is 0 Å². The van der Waals surface area contributed by atoms with Crippen LogP contribution in [0.1, 0.15) is 20.8 Å². The number of aliphatic hydroxyl groups is 1. The largest absolute Gasteiger partial charge is 0.379 e. The fraction of sp³-hybridized carbons (Fsp3) is 1.00. The third-order valence-corrected chi connectivity index (χ3v) is 2.16. The number of hydrogen-bond donors (Lipinski definition) is 1. The van der Waals surface area contributed by atoms with E-state index in [9.17, 15) is 5.11 Å². The van der Waals surface area contributed by atoms with Gasteiger partial charge in [0.2, 0.25) is 0 Å². The third kappa shape index (κ3) is 1.92. The van der Waals surface area contributed by atoms with Crippen LogP contribution in [0, 0.1) is 0 Å². The Morgan fingerprint density at radius 1 is 1.55 bits per heavy atom. The molecule has 0 radical (unpaired) electrons. The fourth-order valence-electron chi connectivity index (χ4n) is 1.56. The zero-order valence-corrected chi connectivity index (χ0v) is 7.50. The molecule has 0 saturated carbocycles. The lowest BCUT2D eigenvalue weighted by atomic mass is 10.0. The number of rotatable bonds is 1. The van der Waals surface area contributed by atoms with Gasteiger partial charge in [0.05, 0.1) is 13.2 Å². The van der Waals surface area contributed by atoms with Crippen LogP contribution < -0.4 is 0 Å². The summed E-state index contributed by atoms with van der Waals surface area (Å²) in [5.74, 6) is 0. The quantitative estimate of drug-likeness (QED) is 0.602. The minimum absolute atomic E-state index is 0.0214. The zero-order chi connectivity index (χ0) is 8.48. The highest BCUT2D eigenvalue weighted by atomic mass is 16.5. The summed E-state index contributed by atoms with van der Waals surface area (Å²) in [7, 11) is 0. The van der Waals surface area contributed by atoms with E-state index in [4.69, 9.17) is 4.74 Å². The molecule has 0 spiro atoms. The minimum atomic E-state index is -0.367. The second-order valence-corrected chi connectivity index (χ2v) is 3.69. The van der Waals surface area contributed by atoms with Crippen molar-refractivity contribution in [1.82, 2.24) is 4.90 Å². The van der Waals surface area contributed by atoms with Crippen molar-refractivity contribution in [3.05, 3.63) is 0 Å². The van der Waals surface area contributed by atoms with Crippen LogP contribution in [-0.4, -0.2) is 41.5 Å². The van der Waals surface area contributed by atoms with Gasteiger partial charge < -0.3 is 9.84 Å². The Balaban J connectivity index is 2.60. The van der Waals surface area contributed by atoms with E-state index in [2.05, 4.69) is 18.7 Å². The Labute approximate surface area is 68.0 Å². The molecule has 1 fully saturated rings. The number of morpholine rings is 1. The predicted octanol–water partition coefficient (Wildman–Crippen LogP) is 0.435. The van der Waals surface area contributed by atoms with Crippen LogP contribution in [0.3, 0.4) is 0 Å². The van der Waals surface area contributed by atoms with Gasteiger partial charge in [-0.05, 0) is 20.8 Å². The van der Waals surface area contributed by atoms with Gasteiger partial charge in [0.15, 0.2) is 0 Å². The topological polar surface area (TPSA) is 32.7 Å². The second-order valence-electron chi connectivity index (χ2n) is 3.69. The molecule has 0 bridgehead atoms. The highest BCUT2D eigenvalue weighted by molar-refractivity contribution is 4.84. The normalized spacial score (nSPS) is 28.4. The molecule has 11 heavy (non-hydrogen) atoms. The highest BCUT2D eigenvalue weighted by Gasteiger charge is 2.32. The van der Waals surface area contributed by atoms with E-state index in [0.717, 1.165) is 13.2 Å². The van der Waals surface area contributed by atoms with E-state index in [-0.39, 0.29) is 11.8 Å². The minimum Gasteiger partial charge on any atom is -0.379 e. The fourth-order valence-corrected chi connectivity index (χ4v) is 1.56. The first-order valence-electron chi connectivity index (χ1n) is 4.06. The molecule has 0 aromatic rings. The number of aliphatic hydroxyl groups excluding tert-OH is 1. The number of nitrogens with zero attached hydrogens (tertiary/aromatic N) is 1. The molecule has 3 heteroatoms. The summed E-state index contributed by atoms with van der Waals surface area (Å²) in [5.41, 5.74) is -0.0214. The van der Waals surface area contributed by atoms with E-state index in [1.165, 1.54) is 0 Å². The zero-order valence-electron chi connectivity index (χ0n) is 7.50. The summed E-state index contributed by atoms with van der Waals surface area (Å²) in [5, 5.41) is 9.38. The first-order chi connectivity index (χ1) is 5.04. The standard InChI is InChI=1S/C8H17NO2/c1-7(10)9-4-5-11-6-8(9,2)3/h7,10H,4-6H2,1-3H3. The summed E-state index contributed by atoms with van der Waals surface area (Å²) >= 11 is 0. The van der Waals surface area contributed by atoms with Crippen LogP contribution in [0.5, 0.6) is 0 Å². The van der Waals surface area contributed by atoms with Gasteiger partial charge in [0, 0.05) is 12.1 Å². The van der Waals surface area contributed by atoms with Gasteiger partial charge in [-0.25, -0.2) is 0 Å². The van der Waals surface area contributed by atoms with Gasteiger partial charge >= 0.3 is 0 Å². The molecule has 1 atom stereocenters. The molecule has 0 aromatic carbocycles. The molecule has 1 aliphatic rings.